The van der Waals surface area contributed by atoms with E-state index in [9.17, 15) is 79.2 Å². The van der Waals surface area contributed by atoms with Crippen molar-refractivity contribution in [1.82, 2.24) is 5.06 Å². The molecule has 0 radical (unpaired) electrons. The Labute approximate surface area is 538 Å². The van der Waals surface area contributed by atoms with E-state index in [2.05, 4.69) is 0 Å². The molecule has 29 nitrogen and oxygen atoms in total. The van der Waals surface area contributed by atoms with E-state index in [0.29, 0.717) is 45.5 Å². The van der Waals surface area contributed by atoms with E-state index in [4.69, 9.17) is 38.0 Å². The van der Waals surface area contributed by atoms with Gasteiger partial charge in [-0.25, -0.2) is 46.9 Å². The van der Waals surface area contributed by atoms with E-state index in [0.717, 1.165) is 12.1 Å². The van der Waals surface area contributed by atoms with E-state index in [1.165, 1.54) is 25.3 Å². The smallest absolute Gasteiger partial charge is 0.335 e. The molecule has 0 spiro atoms. The van der Waals surface area contributed by atoms with Crippen LogP contribution >= 0.6 is 0 Å². The number of benzene rings is 4. The lowest BCUT2D eigenvalue weighted by Gasteiger charge is -2.31. The molecule has 93 heavy (non-hydrogen) atoms. The summed E-state index contributed by atoms with van der Waals surface area (Å²) in [5.74, 6) is -2.69. The van der Waals surface area contributed by atoms with E-state index >= 15 is 0 Å². The van der Waals surface area contributed by atoms with Gasteiger partial charge < -0.3 is 65.7 Å². The number of fused-ring (bicyclic) bond motifs is 6. The predicted molar refractivity (Wildman–Crippen MR) is 325 cm³/mol. The van der Waals surface area contributed by atoms with Gasteiger partial charge in [0.15, 0.2) is 12.3 Å². The Balaban J connectivity index is 1.01. The number of hydrogen-bond donors (Lipinski definition) is 0. The van der Waals surface area contributed by atoms with Crippen LogP contribution in [0.15, 0.2) is 116 Å². The largest absolute Gasteiger partial charge is 0.748 e. The molecular formula is C59H69N3O26S5-4. The first-order chi connectivity index (χ1) is 43.7. The molecule has 0 aromatic heterocycles. The topological polar surface area (TPSA) is 421 Å². The summed E-state index contributed by atoms with van der Waals surface area (Å²) in [4.78, 5) is 37.7. The zero-order valence-electron chi connectivity index (χ0n) is 51.0. The second-order valence-corrected chi connectivity index (χ2v) is 28.9. The van der Waals surface area contributed by atoms with Gasteiger partial charge >= 0.3 is 5.97 Å². The van der Waals surface area contributed by atoms with Gasteiger partial charge in [-0.2, -0.15) is 4.58 Å². The Kier molecular flexibility index (Phi) is 25.1. The first-order valence-corrected chi connectivity index (χ1v) is 36.1. The van der Waals surface area contributed by atoms with Crippen molar-refractivity contribution in [3.8, 4) is 0 Å². The van der Waals surface area contributed by atoms with Gasteiger partial charge in [0, 0.05) is 72.1 Å². The van der Waals surface area contributed by atoms with Crippen molar-refractivity contribution in [2.24, 2.45) is 0 Å². The highest BCUT2D eigenvalue weighted by atomic mass is 32.2. The van der Waals surface area contributed by atoms with Gasteiger partial charge in [0.2, 0.25) is 5.69 Å². The monoisotopic (exact) mass is 1400 g/mol. The fourth-order valence-corrected chi connectivity index (χ4v) is 14.3. The SMILES string of the molecule is COCCN1C(=CC=CC=CC=CC2=[N+](CCOCCOCCOCCOCCOCCOCCC(=O)ON3C(=O)CCC3=O)c3ccc4c(S(=O)(=O)[O-])cc(S(=O)(=O)[O-])cc4c3C2(C)C)C(C)(CCCS(=O)(=O)[O-])c2c1ccc1c(S(=O)(=O)[O-])cc(S(=O)(=O)[O-])cc21. The molecule has 2 amide bonds. The van der Waals surface area contributed by atoms with Crippen LogP contribution in [0.25, 0.3) is 21.5 Å². The lowest BCUT2D eigenvalue weighted by molar-refractivity contribution is -0.442. The Bertz CT molecular complexity index is 4210. The summed E-state index contributed by atoms with van der Waals surface area (Å²) in [6.45, 7) is 8.16. The van der Waals surface area contributed by atoms with Crippen molar-refractivity contribution >= 4 is 107 Å². The number of anilines is 1. The average molecular weight is 1400 g/mol. The van der Waals surface area contributed by atoms with Crippen LogP contribution in [0.1, 0.15) is 64.0 Å². The maximum atomic E-state index is 12.6. The van der Waals surface area contributed by atoms with Crippen molar-refractivity contribution in [1.29, 1.82) is 0 Å². The van der Waals surface area contributed by atoms with Crippen LogP contribution in [0.4, 0.5) is 11.4 Å². The number of nitrogens with zero attached hydrogens (tertiary/aromatic N) is 3. The van der Waals surface area contributed by atoms with Crippen LogP contribution in [0, 0.1) is 0 Å². The number of amides is 2. The lowest BCUT2D eigenvalue weighted by atomic mass is 9.75. The van der Waals surface area contributed by atoms with Gasteiger partial charge in [-0.05, 0) is 97.8 Å². The van der Waals surface area contributed by atoms with E-state index in [-0.39, 0.29) is 158 Å². The maximum absolute atomic E-state index is 12.6. The summed E-state index contributed by atoms with van der Waals surface area (Å²) in [5, 5.41) is 0.112. The highest BCUT2D eigenvalue weighted by Gasteiger charge is 2.47. The number of carbonyl (C=O) groups is 3. The minimum Gasteiger partial charge on any atom is -0.748 e. The molecule has 34 heteroatoms. The Morgan fingerprint density at radius 3 is 1.54 bits per heavy atom. The van der Waals surface area contributed by atoms with E-state index in [1.807, 2.05) is 4.58 Å². The second-order valence-electron chi connectivity index (χ2n) is 21.9. The Morgan fingerprint density at radius 1 is 0.570 bits per heavy atom. The van der Waals surface area contributed by atoms with E-state index < -0.39 is 105 Å². The van der Waals surface area contributed by atoms with Crippen LogP contribution < -0.4 is 4.90 Å². The minimum absolute atomic E-state index is 0.00137. The molecule has 0 N–H and O–H groups in total. The second kappa shape index (κ2) is 31.5. The van der Waals surface area contributed by atoms with Gasteiger partial charge in [0.05, 0.1) is 121 Å². The molecule has 1 atom stereocenters. The quantitative estimate of drug-likeness (QED) is 0.0205. The van der Waals surface area contributed by atoms with Gasteiger partial charge in [-0.3, -0.25) is 9.59 Å². The minimum atomic E-state index is -5.38. The molecule has 0 aliphatic carbocycles. The standard InChI is InChI=1S/C59H73N3O26S5/c1-58(2)51(11-8-6-5-7-9-12-52-59(3,20-10-36-89(66,67)68)57-46-38-42(91(72,73)74)40-50(93(78,79)80)44(46)14-16-48(57)61(52)21-24-81-4)60(47-15-13-43-45(56(47)58)37-41(90(69,70)71)39-49(43)92(75,76)77)22-25-83-27-29-85-31-33-87-35-34-86-32-30-84-28-26-82-23-19-55(65)88-62-53(63)17-18-54(62)64/h5-9,11-16,37-40H,10,17-36H2,1-4H3,(H4-,66,67,68,69,70,71,72,73,74,75,76,77,78,79,80)/p-4. The first kappa shape index (κ1) is 74.1. The van der Waals surface area contributed by atoms with Crippen LogP contribution in [0.2, 0.25) is 0 Å². The van der Waals surface area contributed by atoms with Crippen molar-refractivity contribution in [2.45, 2.75) is 83.3 Å². The van der Waals surface area contributed by atoms with Crippen molar-refractivity contribution < 1.29 is 122 Å². The van der Waals surface area contributed by atoms with Crippen molar-refractivity contribution in [3.63, 3.8) is 0 Å². The third kappa shape index (κ3) is 19.0. The third-order valence-corrected chi connectivity index (χ3v) is 19.4. The molecule has 3 heterocycles. The van der Waals surface area contributed by atoms with E-state index in [1.54, 1.807) is 74.3 Å². The predicted octanol–water partition coefficient (Wildman–Crippen LogP) is 3.38. The van der Waals surface area contributed by atoms with Gasteiger partial charge in [-0.1, -0.05) is 36.4 Å². The first-order valence-electron chi connectivity index (χ1n) is 28.9. The molecule has 1 unspecified atom stereocenters. The number of hydrogen-bond acceptors (Lipinski definition) is 27. The summed E-state index contributed by atoms with van der Waals surface area (Å²) in [6.07, 6.45) is 11.2. The molecule has 0 saturated carbocycles. The highest BCUT2D eigenvalue weighted by molar-refractivity contribution is 7.87. The number of methoxy groups -OCH3 is 1. The molecule has 510 valence electrons. The molecule has 3 aliphatic rings. The van der Waals surface area contributed by atoms with Crippen LogP contribution in [0.5, 0.6) is 0 Å². The highest BCUT2D eigenvalue weighted by Crippen LogP contribution is 2.54. The number of rotatable bonds is 37. The van der Waals surface area contributed by atoms with Gasteiger partial charge in [0.25, 0.3) is 11.8 Å². The normalized spacial score (nSPS) is 17.7. The van der Waals surface area contributed by atoms with Crippen LogP contribution in [0.3, 0.4) is 0 Å². The number of ether oxygens (including phenoxy) is 7. The number of carbonyl (C=O) groups excluding carboxylic acids is 3. The molecule has 1 saturated heterocycles. The summed E-state index contributed by atoms with van der Waals surface area (Å²) in [5.41, 5.74) is 0.164. The van der Waals surface area contributed by atoms with Crippen LogP contribution in [-0.2, 0) is 114 Å². The lowest BCUT2D eigenvalue weighted by Crippen LogP contribution is -2.32. The summed E-state index contributed by atoms with van der Waals surface area (Å²) >= 11 is 0. The zero-order valence-corrected chi connectivity index (χ0v) is 55.1. The molecule has 1 fully saturated rings. The fraction of sp³-hybridized carbons (Fsp3) is 0.458. The Hall–Kier alpha value is -6.29. The molecule has 3 aliphatic heterocycles. The molecular weight excluding hydrogens is 1330 g/mol. The molecule has 4 aromatic carbocycles. The van der Waals surface area contributed by atoms with Gasteiger partial charge in [0.1, 0.15) is 47.1 Å². The maximum Gasteiger partial charge on any atom is 0.335 e. The molecule has 4 aromatic rings. The van der Waals surface area contributed by atoms with Crippen LogP contribution in [-0.4, -0.2) is 210 Å². The zero-order chi connectivity index (χ0) is 68.2. The summed E-state index contributed by atoms with van der Waals surface area (Å²) < 4.78 is 226. The van der Waals surface area contributed by atoms with Crippen molar-refractivity contribution in [2.75, 3.05) is 117 Å². The number of allylic oxidation sites excluding steroid dienone is 8. The third-order valence-electron chi connectivity index (χ3n) is 15.3. The summed E-state index contributed by atoms with van der Waals surface area (Å²) in [7, 11) is -24.6. The number of imide groups is 1. The fourth-order valence-electron chi connectivity index (χ4n) is 11.2. The summed E-state index contributed by atoms with van der Waals surface area (Å²) in [6, 6.07) is 8.77. The van der Waals surface area contributed by atoms with Crippen molar-refractivity contribution in [3.05, 3.63) is 108 Å². The molecule has 7 rings (SSSR count). The van der Waals surface area contributed by atoms with Gasteiger partial charge in [-0.15, -0.1) is 5.06 Å². The Morgan fingerprint density at radius 2 is 1.04 bits per heavy atom. The number of hydroxylamine groups is 2. The average Bonchev–Trinajstić information content (AvgIpc) is 1.60. The molecule has 0 bridgehead atoms.